The maximum absolute atomic E-state index is 11.8. The second-order valence-corrected chi connectivity index (χ2v) is 6.67. The van der Waals surface area contributed by atoms with Crippen LogP contribution in [-0.2, 0) is 11.3 Å². The van der Waals surface area contributed by atoms with Crippen LogP contribution in [0.25, 0.3) is 0 Å². The predicted octanol–water partition coefficient (Wildman–Crippen LogP) is 2.84. The average molecular weight is 317 g/mol. The summed E-state index contributed by atoms with van der Waals surface area (Å²) < 4.78 is 0.681. The molecule has 0 bridgehead atoms. The van der Waals surface area contributed by atoms with E-state index >= 15 is 0 Å². The van der Waals surface area contributed by atoms with Gasteiger partial charge in [-0.25, -0.2) is 4.79 Å². The average Bonchev–Trinajstić information content (AvgIpc) is 2.83. The molecule has 5 nitrogen and oxygen atoms in total. The van der Waals surface area contributed by atoms with Crippen molar-refractivity contribution in [2.45, 2.75) is 38.3 Å². The van der Waals surface area contributed by atoms with Crippen LogP contribution in [0.1, 0.15) is 30.6 Å². The fourth-order valence-corrected chi connectivity index (χ4v) is 3.46. The molecule has 0 spiro atoms. The molecule has 2 rings (SSSR count). The molecule has 2 amide bonds. The highest BCUT2D eigenvalue weighted by Crippen LogP contribution is 2.24. The minimum atomic E-state index is -0.833. The zero-order valence-corrected chi connectivity index (χ0v) is 12.5. The highest BCUT2D eigenvalue weighted by atomic mass is 35.5. The molecule has 7 heteroatoms. The maximum atomic E-state index is 11.8. The zero-order chi connectivity index (χ0) is 14.5. The monoisotopic (exact) mass is 316 g/mol. The standard InChI is InChI=1S/C13H17ClN2O3S/c14-11-6-5-8(20-11)7-15-13(19)16-10-4-2-1-3-9(10)12(17)18/h5-6,9-10H,1-4,7H2,(H,17,18)(H2,15,16,19). The zero-order valence-electron chi connectivity index (χ0n) is 10.9. The van der Waals surface area contributed by atoms with Crippen LogP contribution >= 0.6 is 22.9 Å². The molecular weight excluding hydrogens is 300 g/mol. The Kier molecular flexibility index (Phi) is 5.25. The third-order valence-corrected chi connectivity index (χ3v) is 4.68. The lowest BCUT2D eigenvalue weighted by Gasteiger charge is -2.29. The number of amides is 2. The molecular formula is C13H17ClN2O3S. The number of carbonyl (C=O) groups excluding carboxylic acids is 1. The summed E-state index contributed by atoms with van der Waals surface area (Å²) in [5.74, 6) is -1.31. The van der Waals surface area contributed by atoms with Crippen LogP contribution in [-0.4, -0.2) is 23.1 Å². The number of urea groups is 1. The van der Waals surface area contributed by atoms with E-state index in [-0.39, 0.29) is 12.1 Å². The van der Waals surface area contributed by atoms with Gasteiger partial charge in [-0.15, -0.1) is 11.3 Å². The Morgan fingerprint density at radius 3 is 2.75 bits per heavy atom. The van der Waals surface area contributed by atoms with Crippen LogP contribution in [0.3, 0.4) is 0 Å². The number of nitrogens with one attached hydrogen (secondary N) is 2. The Hall–Kier alpha value is -1.27. The van der Waals surface area contributed by atoms with Gasteiger partial charge in [0.2, 0.25) is 0 Å². The van der Waals surface area contributed by atoms with Crippen molar-refractivity contribution < 1.29 is 14.7 Å². The van der Waals surface area contributed by atoms with Crippen LogP contribution in [0.5, 0.6) is 0 Å². The van der Waals surface area contributed by atoms with Gasteiger partial charge in [-0.05, 0) is 25.0 Å². The Bertz CT molecular complexity index is 492. The molecule has 1 aliphatic rings. The van der Waals surface area contributed by atoms with E-state index in [9.17, 15) is 9.59 Å². The van der Waals surface area contributed by atoms with Crippen molar-refractivity contribution >= 4 is 34.9 Å². The molecule has 1 aliphatic carbocycles. The molecule has 1 aromatic rings. The molecule has 0 aliphatic heterocycles. The lowest BCUT2D eigenvalue weighted by Crippen LogP contribution is -2.48. The first-order valence-corrected chi connectivity index (χ1v) is 7.77. The molecule has 3 N–H and O–H groups in total. The number of hydrogen-bond acceptors (Lipinski definition) is 3. The third kappa shape index (κ3) is 4.11. The van der Waals surface area contributed by atoms with Crippen LogP contribution in [0.2, 0.25) is 4.34 Å². The number of carboxylic acids is 1. The molecule has 1 aromatic heterocycles. The number of hydrogen-bond donors (Lipinski definition) is 3. The fraction of sp³-hybridized carbons (Fsp3) is 0.538. The summed E-state index contributed by atoms with van der Waals surface area (Å²) in [6, 6.07) is 3.03. The van der Waals surface area contributed by atoms with E-state index in [1.807, 2.05) is 6.07 Å². The van der Waals surface area contributed by atoms with Gasteiger partial charge in [0.1, 0.15) is 0 Å². The van der Waals surface area contributed by atoms with Crippen molar-refractivity contribution in [2.75, 3.05) is 0 Å². The Morgan fingerprint density at radius 1 is 1.35 bits per heavy atom. The molecule has 1 fully saturated rings. The van der Waals surface area contributed by atoms with Crippen LogP contribution < -0.4 is 10.6 Å². The molecule has 110 valence electrons. The van der Waals surface area contributed by atoms with Crippen molar-refractivity contribution in [3.8, 4) is 0 Å². The van der Waals surface area contributed by atoms with E-state index in [0.29, 0.717) is 17.3 Å². The number of thiophene rings is 1. The topological polar surface area (TPSA) is 78.4 Å². The molecule has 2 unspecified atom stereocenters. The van der Waals surface area contributed by atoms with Crippen molar-refractivity contribution in [3.05, 3.63) is 21.3 Å². The van der Waals surface area contributed by atoms with Gasteiger partial charge in [0.25, 0.3) is 0 Å². The first kappa shape index (κ1) is 15.1. The van der Waals surface area contributed by atoms with Gasteiger partial charge in [0.15, 0.2) is 0 Å². The van der Waals surface area contributed by atoms with Gasteiger partial charge in [0.05, 0.1) is 16.8 Å². The Morgan fingerprint density at radius 2 is 2.10 bits per heavy atom. The molecule has 1 heterocycles. The number of halogens is 1. The minimum Gasteiger partial charge on any atom is -0.481 e. The van der Waals surface area contributed by atoms with Crippen molar-refractivity contribution in [1.29, 1.82) is 0 Å². The molecule has 1 saturated carbocycles. The summed E-state index contributed by atoms with van der Waals surface area (Å²) in [4.78, 5) is 23.9. The molecule has 20 heavy (non-hydrogen) atoms. The van der Waals surface area contributed by atoms with Crippen molar-refractivity contribution in [1.82, 2.24) is 10.6 Å². The van der Waals surface area contributed by atoms with Crippen molar-refractivity contribution in [2.24, 2.45) is 5.92 Å². The first-order valence-electron chi connectivity index (χ1n) is 6.57. The smallest absolute Gasteiger partial charge is 0.315 e. The Labute approximate surface area is 126 Å². The number of carboxylic acid groups (broad SMARTS) is 1. The number of rotatable bonds is 4. The second kappa shape index (κ2) is 6.95. The predicted molar refractivity (Wildman–Crippen MR) is 78.1 cm³/mol. The first-order chi connectivity index (χ1) is 9.56. The largest absolute Gasteiger partial charge is 0.481 e. The summed E-state index contributed by atoms with van der Waals surface area (Å²) in [5.41, 5.74) is 0. The second-order valence-electron chi connectivity index (χ2n) is 4.87. The SMILES string of the molecule is O=C(NCc1ccc(Cl)s1)NC1CCCCC1C(=O)O. The van der Waals surface area contributed by atoms with E-state index in [0.717, 1.165) is 24.1 Å². The third-order valence-electron chi connectivity index (χ3n) is 3.45. The summed E-state index contributed by atoms with van der Waals surface area (Å²) in [7, 11) is 0. The molecule has 0 saturated heterocycles. The quantitative estimate of drug-likeness (QED) is 0.799. The minimum absolute atomic E-state index is 0.284. The van der Waals surface area contributed by atoms with Gasteiger partial charge < -0.3 is 15.7 Å². The number of carbonyl (C=O) groups is 2. The highest BCUT2D eigenvalue weighted by Gasteiger charge is 2.31. The lowest BCUT2D eigenvalue weighted by molar-refractivity contribution is -0.143. The van der Waals surface area contributed by atoms with Crippen molar-refractivity contribution in [3.63, 3.8) is 0 Å². The Balaban J connectivity index is 1.82. The van der Waals surface area contributed by atoms with Gasteiger partial charge in [0, 0.05) is 10.9 Å². The summed E-state index contributed by atoms with van der Waals surface area (Å²) in [6.45, 7) is 0.397. The van der Waals surface area contributed by atoms with E-state index in [4.69, 9.17) is 16.7 Å². The summed E-state index contributed by atoms with van der Waals surface area (Å²) in [5, 5.41) is 14.6. The van der Waals surface area contributed by atoms with Gasteiger partial charge >= 0.3 is 12.0 Å². The van der Waals surface area contributed by atoms with Crippen LogP contribution in [0, 0.1) is 5.92 Å². The van der Waals surface area contributed by atoms with E-state index in [2.05, 4.69) is 10.6 Å². The highest BCUT2D eigenvalue weighted by molar-refractivity contribution is 7.16. The summed E-state index contributed by atoms with van der Waals surface area (Å²) in [6.07, 6.45) is 3.20. The maximum Gasteiger partial charge on any atom is 0.315 e. The normalized spacial score (nSPS) is 22.2. The molecule has 0 radical (unpaired) electrons. The lowest BCUT2D eigenvalue weighted by atomic mass is 9.84. The summed E-state index contributed by atoms with van der Waals surface area (Å²) >= 11 is 7.22. The van der Waals surface area contributed by atoms with Gasteiger partial charge in [-0.2, -0.15) is 0 Å². The molecule has 0 aromatic carbocycles. The van der Waals surface area contributed by atoms with Gasteiger partial charge in [-0.1, -0.05) is 24.4 Å². The van der Waals surface area contributed by atoms with E-state index in [1.165, 1.54) is 11.3 Å². The van der Waals surface area contributed by atoms with E-state index < -0.39 is 11.9 Å². The molecule has 2 atom stereocenters. The van der Waals surface area contributed by atoms with Gasteiger partial charge in [-0.3, -0.25) is 4.79 Å². The van der Waals surface area contributed by atoms with Crippen LogP contribution in [0.4, 0.5) is 4.79 Å². The fourth-order valence-electron chi connectivity index (χ4n) is 2.43. The van der Waals surface area contributed by atoms with E-state index in [1.54, 1.807) is 6.07 Å². The number of aliphatic carboxylic acids is 1. The van der Waals surface area contributed by atoms with Crippen LogP contribution in [0.15, 0.2) is 12.1 Å².